The molecule has 0 saturated heterocycles. The van der Waals surface area contributed by atoms with Crippen molar-refractivity contribution in [3.63, 3.8) is 0 Å². The van der Waals surface area contributed by atoms with Gasteiger partial charge in [-0.1, -0.05) is 51.9 Å². The fourth-order valence-corrected chi connectivity index (χ4v) is 2.51. The molecule has 0 saturated carbocycles. The number of nitrogens with one attached hydrogen (secondary N) is 1. The highest BCUT2D eigenvalue weighted by Crippen LogP contribution is 2.15. The molecule has 0 amide bonds. The fourth-order valence-electron chi connectivity index (χ4n) is 2.51. The summed E-state index contributed by atoms with van der Waals surface area (Å²) in [6, 6.07) is 5.43. The third-order valence-electron chi connectivity index (χ3n) is 3.82. The van der Waals surface area contributed by atoms with E-state index >= 15 is 0 Å². The lowest BCUT2D eigenvalue weighted by Gasteiger charge is -2.08. The molecule has 0 fully saturated rings. The van der Waals surface area contributed by atoms with Crippen LogP contribution in [0.5, 0.6) is 0 Å². The normalized spacial score (nSPS) is 10.6. The number of rotatable bonds is 11. The Kier molecular flexibility index (Phi) is 8.56. The van der Waals surface area contributed by atoms with Crippen LogP contribution in [0.2, 0.25) is 0 Å². The first kappa shape index (κ1) is 17.5. The van der Waals surface area contributed by atoms with Crippen LogP contribution in [0.1, 0.15) is 74.2 Å². The van der Waals surface area contributed by atoms with Gasteiger partial charge in [0.25, 0.3) is 0 Å². The number of carboxylic acid groups (broad SMARTS) is 1. The molecule has 1 rings (SSSR count). The Morgan fingerprint density at radius 2 is 1.67 bits per heavy atom. The summed E-state index contributed by atoms with van der Waals surface area (Å²) in [5, 5.41) is 12.4. The van der Waals surface area contributed by atoms with Gasteiger partial charge >= 0.3 is 5.97 Å². The average Bonchev–Trinajstić information content (AvgIpc) is 2.45. The zero-order chi connectivity index (χ0) is 15.5. The van der Waals surface area contributed by atoms with Crippen molar-refractivity contribution in [3.8, 4) is 0 Å². The molecule has 1 aromatic carbocycles. The maximum atomic E-state index is 10.9. The number of unbranched alkanes of at least 4 members (excludes halogenated alkanes) is 7. The molecular formula is C18H29NO2. The van der Waals surface area contributed by atoms with Gasteiger partial charge in [0.2, 0.25) is 0 Å². The van der Waals surface area contributed by atoms with E-state index < -0.39 is 5.97 Å². The van der Waals surface area contributed by atoms with Crippen molar-refractivity contribution in [1.29, 1.82) is 0 Å². The molecule has 3 nitrogen and oxygen atoms in total. The zero-order valence-corrected chi connectivity index (χ0v) is 13.5. The predicted octanol–water partition coefficient (Wildman–Crippen LogP) is 5.25. The topological polar surface area (TPSA) is 49.3 Å². The first-order chi connectivity index (χ1) is 10.1. The average molecular weight is 291 g/mol. The number of benzene rings is 1. The molecule has 0 atom stereocenters. The predicted molar refractivity (Wildman–Crippen MR) is 89.2 cm³/mol. The summed E-state index contributed by atoms with van der Waals surface area (Å²) in [7, 11) is 0. The van der Waals surface area contributed by atoms with Gasteiger partial charge in [0, 0.05) is 12.2 Å². The van der Waals surface area contributed by atoms with Gasteiger partial charge in [0.1, 0.15) is 0 Å². The standard InChI is InChI=1S/C18H29NO2/c1-3-4-5-6-7-8-9-10-13-19-16-11-12-17(18(20)21)15(2)14-16/h11-12,14,19H,3-10,13H2,1-2H3,(H,20,21). The van der Waals surface area contributed by atoms with Gasteiger partial charge in [-0.25, -0.2) is 4.79 Å². The van der Waals surface area contributed by atoms with Crippen LogP contribution in [-0.4, -0.2) is 17.6 Å². The number of anilines is 1. The molecule has 0 aromatic heterocycles. The van der Waals surface area contributed by atoms with Crippen LogP contribution in [0.15, 0.2) is 18.2 Å². The maximum Gasteiger partial charge on any atom is 0.335 e. The van der Waals surface area contributed by atoms with E-state index in [4.69, 9.17) is 5.11 Å². The van der Waals surface area contributed by atoms with Crippen molar-refractivity contribution in [2.24, 2.45) is 0 Å². The van der Waals surface area contributed by atoms with Crippen LogP contribution >= 0.6 is 0 Å². The molecule has 0 aliphatic heterocycles. The second kappa shape index (κ2) is 10.3. The number of aromatic carboxylic acids is 1. The summed E-state index contributed by atoms with van der Waals surface area (Å²) in [5.41, 5.74) is 2.21. The minimum Gasteiger partial charge on any atom is -0.478 e. The van der Waals surface area contributed by atoms with Crippen LogP contribution in [0.3, 0.4) is 0 Å². The highest BCUT2D eigenvalue weighted by atomic mass is 16.4. The van der Waals surface area contributed by atoms with Crippen LogP contribution in [0.4, 0.5) is 5.69 Å². The van der Waals surface area contributed by atoms with E-state index in [1.165, 1.54) is 51.4 Å². The van der Waals surface area contributed by atoms with Crippen LogP contribution in [0, 0.1) is 6.92 Å². The smallest absolute Gasteiger partial charge is 0.335 e. The number of carboxylic acids is 1. The van der Waals surface area contributed by atoms with E-state index in [1.54, 1.807) is 6.07 Å². The molecule has 0 unspecified atom stereocenters. The molecule has 0 radical (unpaired) electrons. The quantitative estimate of drug-likeness (QED) is 0.548. The largest absolute Gasteiger partial charge is 0.478 e. The molecule has 0 bridgehead atoms. The Bertz CT molecular complexity index is 429. The summed E-state index contributed by atoms with van der Waals surface area (Å²) >= 11 is 0. The van der Waals surface area contributed by atoms with Crippen molar-refractivity contribution in [2.75, 3.05) is 11.9 Å². The van der Waals surface area contributed by atoms with E-state index in [2.05, 4.69) is 12.2 Å². The highest BCUT2D eigenvalue weighted by Gasteiger charge is 2.06. The Morgan fingerprint density at radius 3 is 2.24 bits per heavy atom. The fraction of sp³-hybridized carbons (Fsp3) is 0.611. The highest BCUT2D eigenvalue weighted by molar-refractivity contribution is 5.89. The van der Waals surface area contributed by atoms with Gasteiger partial charge in [0.15, 0.2) is 0 Å². The van der Waals surface area contributed by atoms with Crippen LogP contribution in [-0.2, 0) is 0 Å². The first-order valence-electron chi connectivity index (χ1n) is 8.23. The molecule has 118 valence electrons. The van der Waals surface area contributed by atoms with Gasteiger partial charge in [0.05, 0.1) is 5.56 Å². The van der Waals surface area contributed by atoms with E-state index in [-0.39, 0.29) is 0 Å². The SMILES string of the molecule is CCCCCCCCCCNc1ccc(C(=O)O)c(C)c1. The summed E-state index contributed by atoms with van der Waals surface area (Å²) in [6.07, 6.45) is 10.5. The van der Waals surface area contributed by atoms with Gasteiger partial charge in [-0.15, -0.1) is 0 Å². The number of hydrogen-bond acceptors (Lipinski definition) is 2. The molecule has 21 heavy (non-hydrogen) atoms. The van der Waals surface area contributed by atoms with Gasteiger partial charge < -0.3 is 10.4 Å². The summed E-state index contributed by atoms with van der Waals surface area (Å²) in [5.74, 6) is -0.859. The molecule has 0 aliphatic carbocycles. The second-order valence-electron chi connectivity index (χ2n) is 5.74. The molecule has 1 aromatic rings. The van der Waals surface area contributed by atoms with Crippen LogP contribution < -0.4 is 5.32 Å². The summed E-state index contributed by atoms with van der Waals surface area (Å²) in [4.78, 5) is 10.9. The molecule has 0 spiro atoms. The lowest BCUT2D eigenvalue weighted by atomic mass is 10.1. The van der Waals surface area contributed by atoms with Crippen molar-refractivity contribution in [2.45, 2.75) is 65.2 Å². The Labute approximate surface area is 128 Å². The Morgan fingerprint density at radius 1 is 1.05 bits per heavy atom. The van der Waals surface area contributed by atoms with E-state index in [0.29, 0.717) is 5.56 Å². The summed E-state index contributed by atoms with van der Waals surface area (Å²) < 4.78 is 0. The summed E-state index contributed by atoms with van der Waals surface area (Å²) in [6.45, 7) is 5.04. The monoisotopic (exact) mass is 291 g/mol. The zero-order valence-electron chi connectivity index (χ0n) is 13.5. The Balaban J connectivity index is 2.13. The molecule has 3 heteroatoms. The minimum absolute atomic E-state index is 0.382. The van der Waals surface area contributed by atoms with Gasteiger partial charge in [-0.3, -0.25) is 0 Å². The van der Waals surface area contributed by atoms with Crippen molar-refractivity contribution >= 4 is 11.7 Å². The third-order valence-corrected chi connectivity index (χ3v) is 3.82. The van der Waals surface area contributed by atoms with Crippen molar-refractivity contribution < 1.29 is 9.90 Å². The molecule has 0 aliphatic rings. The first-order valence-corrected chi connectivity index (χ1v) is 8.23. The minimum atomic E-state index is -0.859. The Hall–Kier alpha value is -1.51. The van der Waals surface area contributed by atoms with E-state index in [0.717, 1.165) is 17.8 Å². The van der Waals surface area contributed by atoms with Crippen molar-refractivity contribution in [1.82, 2.24) is 0 Å². The number of hydrogen-bond donors (Lipinski definition) is 2. The van der Waals surface area contributed by atoms with E-state index in [9.17, 15) is 4.79 Å². The lowest BCUT2D eigenvalue weighted by molar-refractivity contribution is 0.0696. The third kappa shape index (κ3) is 7.16. The number of aryl methyl sites for hydroxylation is 1. The van der Waals surface area contributed by atoms with Crippen molar-refractivity contribution in [3.05, 3.63) is 29.3 Å². The molecular weight excluding hydrogens is 262 g/mol. The van der Waals surface area contributed by atoms with Crippen LogP contribution in [0.25, 0.3) is 0 Å². The second-order valence-corrected chi connectivity index (χ2v) is 5.74. The van der Waals surface area contributed by atoms with Gasteiger partial charge in [-0.2, -0.15) is 0 Å². The lowest BCUT2D eigenvalue weighted by Crippen LogP contribution is -2.04. The number of carbonyl (C=O) groups is 1. The molecule has 2 N–H and O–H groups in total. The maximum absolute atomic E-state index is 10.9. The van der Waals surface area contributed by atoms with Gasteiger partial charge in [-0.05, 0) is 37.1 Å². The molecule has 0 heterocycles. The van der Waals surface area contributed by atoms with E-state index in [1.807, 2.05) is 19.1 Å².